The summed E-state index contributed by atoms with van der Waals surface area (Å²) in [4.78, 5) is 2.46. The van der Waals surface area contributed by atoms with Gasteiger partial charge in [0.1, 0.15) is 0 Å². The summed E-state index contributed by atoms with van der Waals surface area (Å²) < 4.78 is 10.5. The predicted molar refractivity (Wildman–Crippen MR) is 87.6 cm³/mol. The fraction of sp³-hybridized carbons (Fsp3) is 0.647. The Balaban J connectivity index is 2.87. The van der Waals surface area contributed by atoms with Crippen LogP contribution in [0.1, 0.15) is 24.9 Å². The van der Waals surface area contributed by atoms with E-state index in [9.17, 15) is 0 Å². The SMILES string of the molecule is CCC(C(NC)c1ccccc1)N(CCOC)CCOC. The number of methoxy groups -OCH3 is 2. The van der Waals surface area contributed by atoms with E-state index in [4.69, 9.17) is 9.47 Å². The zero-order valence-corrected chi connectivity index (χ0v) is 13.8. The van der Waals surface area contributed by atoms with Gasteiger partial charge < -0.3 is 14.8 Å². The van der Waals surface area contributed by atoms with Crippen molar-refractivity contribution in [1.29, 1.82) is 0 Å². The van der Waals surface area contributed by atoms with E-state index in [1.165, 1.54) is 5.56 Å². The van der Waals surface area contributed by atoms with Crippen LogP contribution < -0.4 is 5.32 Å². The van der Waals surface area contributed by atoms with Gasteiger partial charge in [-0.25, -0.2) is 0 Å². The molecule has 1 N–H and O–H groups in total. The van der Waals surface area contributed by atoms with Crippen LogP contribution in [0.5, 0.6) is 0 Å². The molecule has 0 aromatic heterocycles. The van der Waals surface area contributed by atoms with Gasteiger partial charge in [0.2, 0.25) is 0 Å². The molecule has 4 heteroatoms. The van der Waals surface area contributed by atoms with Gasteiger partial charge >= 0.3 is 0 Å². The molecule has 21 heavy (non-hydrogen) atoms. The van der Waals surface area contributed by atoms with Crippen LogP contribution in [0.25, 0.3) is 0 Å². The summed E-state index contributed by atoms with van der Waals surface area (Å²) in [6.07, 6.45) is 1.08. The third-order valence-corrected chi connectivity index (χ3v) is 3.91. The molecular weight excluding hydrogens is 264 g/mol. The lowest BCUT2D eigenvalue weighted by molar-refractivity contribution is 0.0725. The summed E-state index contributed by atoms with van der Waals surface area (Å²) in [6.45, 7) is 5.56. The van der Waals surface area contributed by atoms with Gasteiger partial charge in [0.05, 0.1) is 13.2 Å². The lowest BCUT2D eigenvalue weighted by Gasteiger charge is -2.36. The summed E-state index contributed by atoms with van der Waals surface area (Å²) in [5.41, 5.74) is 1.33. The van der Waals surface area contributed by atoms with Gasteiger partial charge in [-0.1, -0.05) is 37.3 Å². The zero-order chi connectivity index (χ0) is 15.5. The first-order chi connectivity index (χ1) is 10.3. The highest BCUT2D eigenvalue weighted by molar-refractivity contribution is 5.20. The van der Waals surface area contributed by atoms with Crippen LogP contribution in [0.2, 0.25) is 0 Å². The van der Waals surface area contributed by atoms with Crippen molar-refractivity contribution >= 4 is 0 Å². The predicted octanol–water partition coefficient (Wildman–Crippen LogP) is 2.32. The number of likely N-dealkylation sites (N-methyl/N-ethyl adjacent to an activating group) is 1. The van der Waals surface area contributed by atoms with Crippen LogP contribution in [0, 0.1) is 0 Å². The fourth-order valence-electron chi connectivity index (χ4n) is 2.81. The third-order valence-electron chi connectivity index (χ3n) is 3.91. The van der Waals surface area contributed by atoms with Gasteiger partial charge in [-0.05, 0) is 19.0 Å². The van der Waals surface area contributed by atoms with E-state index in [1.807, 2.05) is 7.05 Å². The van der Waals surface area contributed by atoms with E-state index in [-0.39, 0.29) is 0 Å². The van der Waals surface area contributed by atoms with Crippen LogP contribution in [0.4, 0.5) is 0 Å². The van der Waals surface area contributed by atoms with Crippen molar-refractivity contribution in [2.45, 2.75) is 25.4 Å². The highest BCUT2D eigenvalue weighted by atomic mass is 16.5. The Labute approximate surface area is 129 Å². The van der Waals surface area contributed by atoms with Crippen LogP contribution in [0.3, 0.4) is 0 Å². The van der Waals surface area contributed by atoms with Gasteiger partial charge in [0, 0.05) is 39.4 Å². The molecule has 1 rings (SSSR count). The summed E-state index contributed by atoms with van der Waals surface area (Å²) in [5.74, 6) is 0. The standard InChI is InChI=1S/C17H30N2O2/c1-5-16(19(11-13-20-3)12-14-21-4)17(18-2)15-9-7-6-8-10-15/h6-10,16-18H,5,11-14H2,1-4H3. The van der Waals surface area contributed by atoms with E-state index in [0.717, 1.165) is 32.7 Å². The highest BCUT2D eigenvalue weighted by Gasteiger charge is 2.25. The van der Waals surface area contributed by atoms with Crippen molar-refractivity contribution in [2.24, 2.45) is 0 Å². The highest BCUT2D eigenvalue weighted by Crippen LogP contribution is 2.23. The average Bonchev–Trinajstić information content (AvgIpc) is 2.54. The van der Waals surface area contributed by atoms with Gasteiger partial charge in [-0.2, -0.15) is 0 Å². The lowest BCUT2D eigenvalue weighted by Crippen LogP contribution is -2.46. The van der Waals surface area contributed by atoms with Gasteiger partial charge in [0.15, 0.2) is 0 Å². The molecule has 0 saturated carbocycles. The topological polar surface area (TPSA) is 33.7 Å². The monoisotopic (exact) mass is 294 g/mol. The number of ether oxygens (including phenoxy) is 2. The molecular formula is C17H30N2O2. The molecule has 0 aliphatic carbocycles. The van der Waals surface area contributed by atoms with Crippen LogP contribution in [-0.2, 0) is 9.47 Å². The first-order valence-corrected chi connectivity index (χ1v) is 7.72. The maximum absolute atomic E-state index is 5.26. The van der Waals surface area contributed by atoms with Crippen LogP contribution in [0.15, 0.2) is 30.3 Å². The van der Waals surface area contributed by atoms with Crippen molar-refractivity contribution in [2.75, 3.05) is 47.6 Å². The zero-order valence-electron chi connectivity index (χ0n) is 13.8. The summed E-state index contributed by atoms with van der Waals surface area (Å²) in [5, 5.41) is 3.48. The minimum absolute atomic E-state index is 0.310. The molecule has 120 valence electrons. The molecule has 0 heterocycles. The first-order valence-electron chi connectivity index (χ1n) is 7.72. The number of hydrogen-bond acceptors (Lipinski definition) is 4. The second-order valence-electron chi connectivity index (χ2n) is 5.17. The van der Waals surface area contributed by atoms with Crippen molar-refractivity contribution < 1.29 is 9.47 Å². The Hall–Kier alpha value is -0.940. The molecule has 0 spiro atoms. The van der Waals surface area contributed by atoms with Crippen LogP contribution >= 0.6 is 0 Å². The van der Waals surface area contributed by atoms with Crippen molar-refractivity contribution in [3.63, 3.8) is 0 Å². The smallest absolute Gasteiger partial charge is 0.0589 e. The molecule has 1 aromatic carbocycles. The number of nitrogens with one attached hydrogen (secondary N) is 1. The van der Waals surface area contributed by atoms with Gasteiger partial charge in [-0.3, -0.25) is 4.90 Å². The number of nitrogens with zero attached hydrogens (tertiary/aromatic N) is 1. The quantitative estimate of drug-likeness (QED) is 0.679. The van der Waals surface area contributed by atoms with E-state index in [1.54, 1.807) is 14.2 Å². The number of benzene rings is 1. The molecule has 2 unspecified atom stereocenters. The minimum Gasteiger partial charge on any atom is -0.383 e. The van der Waals surface area contributed by atoms with Crippen LogP contribution in [-0.4, -0.2) is 58.5 Å². The molecule has 0 amide bonds. The summed E-state index contributed by atoms with van der Waals surface area (Å²) >= 11 is 0. The molecule has 0 aliphatic heterocycles. The Kier molecular flexibility index (Phi) is 9.26. The van der Waals surface area contributed by atoms with E-state index >= 15 is 0 Å². The first kappa shape index (κ1) is 18.1. The molecule has 0 bridgehead atoms. The van der Waals surface area contributed by atoms with E-state index in [0.29, 0.717) is 12.1 Å². The van der Waals surface area contributed by atoms with Gasteiger partial charge in [0.25, 0.3) is 0 Å². The Morgan fingerprint density at radius 3 is 2.05 bits per heavy atom. The van der Waals surface area contributed by atoms with Crippen molar-refractivity contribution in [3.8, 4) is 0 Å². The third kappa shape index (κ3) is 5.75. The Morgan fingerprint density at radius 2 is 1.62 bits per heavy atom. The maximum Gasteiger partial charge on any atom is 0.0589 e. The largest absolute Gasteiger partial charge is 0.383 e. The van der Waals surface area contributed by atoms with Crippen molar-refractivity contribution in [3.05, 3.63) is 35.9 Å². The molecule has 0 saturated heterocycles. The molecule has 0 fully saturated rings. The molecule has 1 aromatic rings. The van der Waals surface area contributed by atoms with E-state index < -0.39 is 0 Å². The number of rotatable bonds is 11. The maximum atomic E-state index is 5.26. The van der Waals surface area contributed by atoms with Gasteiger partial charge in [-0.15, -0.1) is 0 Å². The lowest BCUT2D eigenvalue weighted by atomic mass is 9.96. The normalized spacial score (nSPS) is 14.3. The van der Waals surface area contributed by atoms with E-state index in [2.05, 4.69) is 47.5 Å². The minimum atomic E-state index is 0.310. The molecule has 0 radical (unpaired) electrons. The Morgan fingerprint density at radius 1 is 1.05 bits per heavy atom. The summed E-state index contributed by atoms with van der Waals surface area (Å²) in [7, 11) is 5.54. The second kappa shape index (κ2) is 10.7. The average molecular weight is 294 g/mol. The number of hydrogen-bond donors (Lipinski definition) is 1. The fourth-order valence-corrected chi connectivity index (χ4v) is 2.81. The molecule has 0 aliphatic rings. The van der Waals surface area contributed by atoms with Crippen molar-refractivity contribution in [1.82, 2.24) is 10.2 Å². The summed E-state index contributed by atoms with van der Waals surface area (Å²) in [6, 6.07) is 11.4. The molecule has 2 atom stereocenters. The Bertz CT molecular complexity index is 351. The molecule has 4 nitrogen and oxygen atoms in total. The second-order valence-corrected chi connectivity index (χ2v) is 5.17.